The van der Waals surface area contributed by atoms with Crippen LogP contribution in [0.25, 0.3) is 11.0 Å². The highest BCUT2D eigenvalue weighted by Crippen LogP contribution is 2.28. The Balaban J connectivity index is 2.22. The molecule has 10 heteroatoms. The van der Waals surface area contributed by atoms with Crippen molar-refractivity contribution < 1.29 is 27.1 Å². The molecule has 2 rings (SSSR count). The van der Waals surface area contributed by atoms with E-state index >= 15 is 0 Å². The Morgan fingerprint density at radius 2 is 2.12 bits per heavy atom. The molecule has 0 saturated heterocycles. The minimum atomic E-state index is -4.78. The number of carbonyl (C=O) groups excluding carboxylic acids is 1. The Morgan fingerprint density at radius 3 is 2.75 bits per heavy atom. The van der Waals surface area contributed by atoms with Crippen LogP contribution in [-0.2, 0) is 4.74 Å². The lowest BCUT2D eigenvalue weighted by Crippen LogP contribution is -2.29. The molecule has 2 aromatic rings. The van der Waals surface area contributed by atoms with E-state index in [-0.39, 0.29) is 29.5 Å². The Hall–Kier alpha value is -2.80. The summed E-state index contributed by atoms with van der Waals surface area (Å²) in [4.78, 5) is 16.9. The molecule has 0 aliphatic heterocycles. The summed E-state index contributed by atoms with van der Waals surface area (Å²) >= 11 is 0. The number of amides is 1. The van der Waals surface area contributed by atoms with Gasteiger partial charge in [-0.2, -0.15) is 5.26 Å². The van der Waals surface area contributed by atoms with Crippen molar-refractivity contribution in [2.24, 2.45) is 5.92 Å². The van der Waals surface area contributed by atoms with E-state index in [1.165, 1.54) is 6.20 Å². The summed E-state index contributed by atoms with van der Waals surface area (Å²) in [6, 6.07) is 3.65. The van der Waals surface area contributed by atoms with Crippen LogP contribution in [0.15, 0.2) is 16.7 Å². The highest BCUT2D eigenvalue weighted by atomic mass is 19.4. The van der Waals surface area contributed by atoms with Crippen LogP contribution in [0.2, 0.25) is 0 Å². The van der Waals surface area contributed by atoms with E-state index in [9.17, 15) is 23.2 Å². The standard InChI is InChI=1S/C22H29F3N4O3/c1-4-6-7-15(10-14(3)5-2)29-19-11-16-18(13-28-19)32-17(12-26)20(16)21(30)27-8-9-31-22(23,24)25/h11,13-15H,4-10H2,1-3H3,(H,27,30)(H,28,29). The molecule has 1 amide bonds. The van der Waals surface area contributed by atoms with Crippen LogP contribution in [0.3, 0.4) is 0 Å². The van der Waals surface area contributed by atoms with E-state index in [4.69, 9.17) is 4.42 Å². The lowest BCUT2D eigenvalue weighted by Gasteiger charge is -2.22. The van der Waals surface area contributed by atoms with Crippen LogP contribution in [0, 0.1) is 17.2 Å². The van der Waals surface area contributed by atoms with E-state index in [0.29, 0.717) is 17.1 Å². The van der Waals surface area contributed by atoms with E-state index in [1.54, 1.807) is 6.07 Å². The van der Waals surface area contributed by atoms with Crippen molar-refractivity contribution in [1.29, 1.82) is 5.26 Å². The monoisotopic (exact) mass is 454 g/mol. The summed E-state index contributed by atoms with van der Waals surface area (Å²) in [5.41, 5.74) is 0.211. The maximum atomic E-state index is 12.6. The van der Waals surface area contributed by atoms with Crippen molar-refractivity contribution in [2.75, 3.05) is 18.5 Å². The van der Waals surface area contributed by atoms with Crippen molar-refractivity contribution in [3.63, 3.8) is 0 Å². The molecular formula is C22H29F3N4O3. The van der Waals surface area contributed by atoms with Gasteiger partial charge in [0.2, 0.25) is 5.76 Å². The van der Waals surface area contributed by atoms with E-state index < -0.39 is 18.9 Å². The van der Waals surface area contributed by atoms with Gasteiger partial charge in [-0.3, -0.25) is 9.53 Å². The molecule has 0 aromatic carbocycles. The van der Waals surface area contributed by atoms with Crippen LogP contribution in [0.4, 0.5) is 19.0 Å². The first-order valence-electron chi connectivity index (χ1n) is 10.8. The molecular weight excluding hydrogens is 425 g/mol. The van der Waals surface area contributed by atoms with Gasteiger partial charge >= 0.3 is 6.36 Å². The molecule has 7 nitrogen and oxygen atoms in total. The van der Waals surface area contributed by atoms with Gasteiger partial charge in [0.15, 0.2) is 5.58 Å². The van der Waals surface area contributed by atoms with Crippen LogP contribution < -0.4 is 10.6 Å². The van der Waals surface area contributed by atoms with Gasteiger partial charge in [-0.05, 0) is 24.8 Å². The fourth-order valence-corrected chi connectivity index (χ4v) is 3.37. The molecule has 0 aliphatic rings. The van der Waals surface area contributed by atoms with E-state index in [1.807, 2.05) is 6.07 Å². The number of halogens is 3. The lowest BCUT2D eigenvalue weighted by atomic mass is 9.96. The predicted octanol–water partition coefficient (Wildman–Crippen LogP) is 5.37. The quantitative estimate of drug-likeness (QED) is 0.418. The topological polar surface area (TPSA) is 100 Å². The molecule has 176 valence electrons. The fraction of sp³-hybridized carbons (Fsp3) is 0.591. The maximum absolute atomic E-state index is 12.6. The van der Waals surface area contributed by atoms with Crippen LogP contribution in [-0.4, -0.2) is 36.4 Å². The average Bonchev–Trinajstić information content (AvgIpc) is 3.12. The number of hydrogen-bond donors (Lipinski definition) is 2. The zero-order valence-corrected chi connectivity index (χ0v) is 18.5. The number of nitrogens with one attached hydrogen (secondary N) is 2. The van der Waals surface area contributed by atoms with Gasteiger partial charge in [-0.25, -0.2) is 4.98 Å². The minimum absolute atomic E-state index is 0.0352. The number of hydrogen-bond acceptors (Lipinski definition) is 6. The highest BCUT2D eigenvalue weighted by Gasteiger charge is 2.29. The predicted molar refractivity (Wildman–Crippen MR) is 114 cm³/mol. The number of fused-ring (bicyclic) bond motifs is 1. The third kappa shape index (κ3) is 7.41. The molecule has 2 aromatic heterocycles. The second-order valence-corrected chi connectivity index (χ2v) is 7.77. The molecule has 0 spiro atoms. The van der Waals surface area contributed by atoms with Crippen LogP contribution in [0.1, 0.15) is 69.0 Å². The first kappa shape index (κ1) is 25.5. The van der Waals surface area contributed by atoms with Gasteiger partial charge in [-0.15, -0.1) is 13.2 Å². The van der Waals surface area contributed by atoms with Crippen molar-refractivity contribution in [1.82, 2.24) is 10.3 Å². The Morgan fingerprint density at radius 1 is 1.38 bits per heavy atom. The zero-order valence-electron chi connectivity index (χ0n) is 18.5. The van der Waals surface area contributed by atoms with Crippen LogP contribution >= 0.6 is 0 Å². The number of alkyl halides is 3. The number of aromatic nitrogens is 1. The highest BCUT2D eigenvalue weighted by molar-refractivity contribution is 6.08. The Kier molecular flexibility index (Phi) is 9.32. The molecule has 0 radical (unpaired) electrons. The smallest absolute Gasteiger partial charge is 0.443 e. The van der Waals surface area contributed by atoms with Gasteiger partial charge in [-0.1, -0.05) is 40.0 Å². The second kappa shape index (κ2) is 11.7. The molecule has 2 heterocycles. The van der Waals surface area contributed by atoms with Crippen molar-refractivity contribution in [3.05, 3.63) is 23.6 Å². The largest absolute Gasteiger partial charge is 0.522 e. The third-order valence-electron chi connectivity index (χ3n) is 5.20. The number of furan rings is 1. The first-order valence-corrected chi connectivity index (χ1v) is 10.8. The molecule has 2 atom stereocenters. The van der Waals surface area contributed by atoms with Gasteiger partial charge in [0, 0.05) is 18.0 Å². The Labute approximate surface area is 185 Å². The molecule has 2 N–H and O–H groups in total. The maximum Gasteiger partial charge on any atom is 0.522 e. The zero-order chi connectivity index (χ0) is 23.7. The number of nitriles is 1. The second-order valence-electron chi connectivity index (χ2n) is 7.77. The molecule has 0 aliphatic carbocycles. The Bertz CT molecular complexity index is 937. The van der Waals surface area contributed by atoms with Gasteiger partial charge < -0.3 is 15.1 Å². The number of pyridine rings is 1. The summed E-state index contributed by atoms with van der Waals surface area (Å²) in [5.74, 6) is 0.134. The number of rotatable bonds is 12. The molecule has 2 unspecified atom stereocenters. The van der Waals surface area contributed by atoms with Crippen molar-refractivity contribution in [2.45, 2.75) is 65.3 Å². The molecule has 0 bridgehead atoms. The summed E-state index contributed by atoms with van der Waals surface area (Å²) < 4.78 is 45.4. The number of nitrogens with zero attached hydrogens (tertiary/aromatic N) is 2. The number of carbonyl (C=O) groups is 1. The van der Waals surface area contributed by atoms with Crippen molar-refractivity contribution in [3.8, 4) is 6.07 Å². The molecule has 32 heavy (non-hydrogen) atoms. The minimum Gasteiger partial charge on any atom is -0.443 e. The number of unbranched alkanes of at least 4 members (excludes halogenated alkanes) is 1. The first-order chi connectivity index (χ1) is 15.2. The van der Waals surface area contributed by atoms with Gasteiger partial charge in [0.25, 0.3) is 5.91 Å². The van der Waals surface area contributed by atoms with Gasteiger partial charge in [0.05, 0.1) is 12.8 Å². The summed E-state index contributed by atoms with van der Waals surface area (Å²) in [6.07, 6.45) is 1.80. The average molecular weight is 454 g/mol. The van der Waals surface area contributed by atoms with Crippen LogP contribution in [0.5, 0.6) is 0 Å². The summed E-state index contributed by atoms with van der Waals surface area (Å²) in [5, 5.41) is 15.5. The van der Waals surface area contributed by atoms with Gasteiger partial charge in [0.1, 0.15) is 17.5 Å². The lowest BCUT2D eigenvalue weighted by molar-refractivity contribution is -0.323. The summed E-state index contributed by atoms with van der Waals surface area (Å²) in [7, 11) is 0. The molecule has 0 fully saturated rings. The number of anilines is 1. The molecule has 0 saturated carbocycles. The van der Waals surface area contributed by atoms with E-state index in [0.717, 1.165) is 32.1 Å². The summed E-state index contributed by atoms with van der Waals surface area (Å²) in [6.45, 7) is 5.35. The fourth-order valence-electron chi connectivity index (χ4n) is 3.37. The number of ether oxygens (including phenoxy) is 1. The SMILES string of the molecule is CCCCC(CC(C)CC)Nc1cc2c(C(=O)NCCOC(F)(F)F)c(C#N)oc2cn1. The van der Waals surface area contributed by atoms with E-state index in [2.05, 4.69) is 41.1 Å². The normalized spacial score (nSPS) is 13.5. The van der Waals surface area contributed by atoms with Crippen molar-refractivity contribution >= 4 is 22.7 Å². The third-order valence-corrected chi connectivity index (χ3v) is 5.20.